The fraction of sp³-hybridized carbons (Fsp3) is 0. The Balaban J connectivity index is 3.00. The third kappa shape index (κ3) is 2.37. The summed E-state index contributed by atoms with van der Waals surface area (Å²) in [6, 6.07) is 0. The Morgan fingerprint density at radius 3 is 2.46 bits per heavy atom. The molecular weight excluding hydrogens is 220 g/mol. The largest absolute Gasteiger partial charge is 0.506 e. The number of aliphatic hydroxyl groups excluding tert-OH is 1. The van der Waals surface area contributed by atoms with E-state index >= 15 is 0 Å². The zero-order valence-electron chi connectivity index (χ0n) is 6.56. The molecule has 66 valence electrons. The summed E-state index contributed by atoms with van der Waals surface area (Å²) in [5.41, 5.74) is 0.805. The van der Waals surface area contributed by atoms with E-state index in [1.807, 2.05) is 0 Å². The van der Waals surface area contributed by atoms with Crippen molar-refractivity contribution in [3.8, 4) is 0 Å². The normalized spacial score (nSPS) is 17.2. The highest BCUT2D eigenvalue weighted by atomic mass is 32.1. The van der Waals surface area contributed by atoms with Crippen molar-refractivity contribution >= 4 is 51.8 Å². The third-order valence-corrected chi connectivity index (χ3v) is 2.62. The highest BCUT2D eigenvalue weighted by Crippen LogP contribution is 2.13. The lowest BCUT2D eigenvalue weighted by Gasteiger charge is -2.09. The van der Waals surface area contributed by atoms with Gasteiger partial charge in [0.15, 0.2) is 0 Å². The summed E-state index contributed by atoms with van der Waals surface area (Å²) in [6.45, 7) is 0. The fourth-order valence-corrected chi connectivity index (χ4v) is 1.35. The molecule has 0 saturated heterocycles. The van der Waals surface area contributed by atoms with E-state index in [9.17, 15) is 5.11 Å². The second-order valence-electron chi connectivity index (χ2n) is 2.33. The molecule has 0 aromatic heterocycles. The maximum Gasteiger partial charge on any atom is 0.135 e. The van der Waals surface area contributed by atoms with Crippen LogP contribution in [0.5, 0.6) is 0 Å². The Labute approximate surface area is 92.5 Å². The molecule has 0 aromatic carbocycles. The van der Waals surface area contributed by atoms with Gasteiger partial charge >= 0.3 is 0 Å². The second kappa shape index (κ2) is 4.50. The van der Waals surface area contributed by atoms with Crippen LogP contribution < -0.4 is 0 Å². The Hall–Kier alpha value is -0.710. The van der Waals surface area contributed by atoms with Crippen molar-refractivity contribution in [3.05, 3.63) is 35.6 Å². The molecule has 0 saturated carbocycles. The van der Waals surface area contributed by atoms with E-state index in [2.05, 4.69) is 12.2 Å². The van der Waals surface area contributed by atoms with Crippen molar-refractivity contribution in [1.29, 1.82) is 0 Å². The third-order valence-electron chi connectivity index (χ3n) is 1.48. The van der Waals surface area contributed by atoms with Crippen LogP contribution in [0, 0.1) is 0 Å². The van der Waals surface area contributed by atoms with Gasteiger partial charge in [0.1, 0.15) is 5.76 Å². The number of allylic oxidation sites excluding steroid dienone is 6. The van der Waals surface area contributed by atoms with Gasteiger partial charge in [0.25, 0.3) is 0 Å². The maximum atomic E-state index is 9.23. The number of thiocarbonyl (C=S) groups is 3. The predicted octanol–water partition coefficient (Wildman–Crippen LogP) is 2.66. The molecule has 0 aromatic rings. The first-order valence-electron chi connectivity index (χ1n) is 3.48. The van der Waals surface area contributed by atoms with Gasteiger partial charge in [0.05, 0.1) is 9.73 Å². The molecule has 0 spiro atoms. The minimum Gasteiger partial charge on any atom is -0.506 e. The minimum absolute atomic E-state index is 0.0551. The molecule has 0 heterocycles. The van der Waals surface area contributed by atoms with Crippen LogP contribution in [-0.4, -0.2) is 20.2 Å². The SMILES string of the molecule is OC1=CC=C(C=CC=S)C(=S)C1=S. The van der Waals surface area contributed by atoms with E-state index < -0.39 is 0 Å². The molecule has 0 fully saturated rings. The van der Waals surface area contributed by atoms with E-state index in [-0.39, 0.29) is 5.76 Å². The molecule has 0 bridgehead atoms. The van der Waals surface area contributed by atoms with E-state index in [0.717, 1.165) is 5.57 Å². The van der Waals surface area contributed by atoms with Gasteiger partial charge in [-0.3, -0.25) is 0 Å². The highest BCUT2D eigenvalue weighted by Gasteiger charge is 2.15. The molecule has 4 heteroatoms. The van der Waals surface area contributed by atoms with Crippen LogP contribution in [0.2, 0.25) is 0 Å². The zero-order chi connectivity index (χ0) is 9.84. The molecule has 0 aliphatic heterocycles. The van der Waals surface area contributed by atoms with Crippen molar-refractivity contribution in [3.63, 3.8) is 0 Å². The lowest BCUT2D eigenvalue weighted by molar-refractivity contribution is 0.446. The van der Waals surface area contributed by atoms with Crippen molar-refractivity contribution in [2.45, 2.75) is 0 Å². The van der Waals surface area contributed by atoms with Gasteiger partial charge in [-0.2, -0.15) is 0 Å². The van der Waals surface area contributed by atoms with Gasteiger partial charge in [0, 0.05) is 5.37 Å². The first kappa shape index (κ1) is 10.4. The van der Waals surface area contributed by atoms with Gasteiger partial charge < -0.3 is 5.11 Å². The summed E-state index contributed by atoms with van der Waals surface area (Å²) in [5, 5.41) is 10.7. The van der Waals surface area contributed by atoms with E-state index in [0.29, 0.717) is 9.73 Å². The molecule has 0 atom stereocenters. The molecule has 1 nitrogen and oxygen atoms in total. The van der Waals surface area contributed by atoms with Crippen LogP contribution >= 0.6 is 36.7 Å². The Morgan fingerprint density at radius 2 is 1.85 bits per heavy atom. The Kier molecular flexibility index (Phi) is 3.59. The van der Waals surface area contributed by atoms with Gasteiger partial charge in [0.2, 0.25) is 0 Å². The molecular formula is C9H6OS3. The fourth-order valence-electron chi connectivity index (χ4n) is 0.842. The monoisotopic (exact) mass is 226 g/mol. The quantitative estimate of drug-likeness (QED) is 0.576. The standard InChI is InChI=1S/C9H6OS3/c10-7-4-3-6(2-1-5-11)8(12)9(7)13/h1-5,10H. The van der Waals surface area contributed by atoms with Gasteiger partial charge in [-0.05, 0) is 17.7 Å². The van der Waals surface area contributed by atoms with Crippen LogP contribution in [0.3, 0.4) is 0 Å². The smallest absolute Gasteiger partial charge is 0.135 e. The number of aliphatic hydroxyl groups is 1. The van der Waals surface area contributed by atoms with Gasteiger partial charge in [-0.25, -0.2) is 0 Å². The first-order chi connectivity index (χ1) is 6.16. The van der Waals surface area contributed by atoms with Gasteiger partial charge in [-0.15, -0.1) is 0 Å². The number of rotatable bonds is 2. The zero-order valence-corrected chi connectivity index (χ0v) is 9.01. The number of hydrogen-bond acceptors (Lipinski definition) is 4. The van der Waals surface area contributed by atoms with Crippen molar-refractivity contribution in [2.75, 3.05) is 0 Å². The molecule has 1 rings (SSSR count). The summed E-state index contributed by atoms with van der Waals surface area (Å²) < 4.78 is 0. The van der Waals surface area contributed by atoms with Crippen molar-refractivity contribution in [1.82, 2.24) is 0 Å². The molecule has 13 heavy (non-hydrogen) atoms. The van der Waals surface area contributed by atoms with Crippen LogP contribution in [0.15, 0.2) is 35.6 Å². The summed E-state index contributed by atoms with van der Waals surface area (Å²) in [6.07, 6.45) is 6.71. The molecule has 0 amide bonds. The van der Waals surface area contributed by atoms with Crippen LogP contribution in [0.25, 0.3) is 0 Å². The Bertz CT molecular complexity index is 361. The molecule has 0 unspecified atom stereocenters. The van der Waals surface area contributed by atoms with Crippen molar-refractivity contribution < 1.29 is 5.11 Å². The lowest BCUT2D eigenvalue weighted by atomic mass is 10.0. The minimum atomic E-state index is 0.0551. The van der Waals surface area contributed by atoms with Gasteiger partial charge in [-0.1, -0.05) is 48.8 Å². The highest BCUT2D eigenvalue weighted by molar-refractivity contribution is 7.90. The molecule has 1 aliphatic rings. The molecule has 1 N–H and O–H groups in total. The summed E-state index contributed by atoms with van der Waals surface area (Å²) in [5.74, 6) is 0.0551. The van der Waals surface area contributed by atoms with Crippen molar-refractivity contribution in [2.24, 2.45) is 0 Å². The topological polar surface area (TPSA) is 20.2 Å². The average Bonchev–Trinajstić information content (AvgIpc) is 2.13. The van der Waals surface area contributed by atoms with E-state index in [1.165, 1.54) is 11.4 Å². The second-order valence-corrected chi connectivity index (χ2v) is 3.42. The lowest BCUT2D eigenvalue weighted by Crippen LogP contribution is -2.16. The van der Waals surface area contributed by atoms with Crippen LogP contribution in [-0.2, 0) is 0 Å². The predicted molar refractivity (Wildman–Crippen MR) is 66.8 cm³/mol. The number of hydrogen-bond donors (Lipinski definition) is 1. The summed E-state index contributed by atoms with van der Waals surface area (Å²) in [7, 11) is 0. The average molecular weight is 226 g/mol. The first-order valence-corrected chi connectivity index (χ1v) is 4.77. The van der Waals surface area contributed by atoms with E-state index in [1.54, 1.807) is 18.2 Å². The summed E-state index contributed by atoms with van der Waals surface area (Å²) in [4.78, 5) is 0.810. The summed E-state index contributed by atoms with van der Waals surface area (Å²) >= 11 is 14.6. The molecule has 0 radical (unpaired) electrons. The Morgan fingerprint density at radius 1 is 1.15 bits per heavy atom. The molecule has 1 aliphatic carbocycles. The van der Waals surface area contributed by atoms with Crippen LogP contribution in [0.1, 0.15) is 0 Å². The van der Waals surface area contributed by atoms with E-state index in [4.69, 9.17) is 24.4 Å². The van der Waals surface area contributed by atoms with Crippen LogP contribution in [0.4, 0.5) is 0 Å². The maximum absolute atomic E-state index is 9.23.